The third-order valence-corrected chi connectivity index (χ3v) is 5.68. The van der Waals surface area contributed by atoms with Crippen molar-refractivity contribution in [2.24, 2.45) is 5.92 Å². The molecule has 0 bridgehead atoms. The van der Waals surface area contributed by atoms with E-state index >= 15 is 0 Å². The Balaban J connectivity index is 1.73. The van der Waals surface area contributed by atoms with Crippen LogP contribution in [0.3, 0.4) is 0 Å². The van der Waals surface area contributed by atoms with Gasteiger partial charge in [-0.3, -0.25) is 4.39 Å². The first-order valence-corrected chi connectivity index (χ1v) is 9.45. The summed E-state index contributed by atoms with van der Waals surface area (Å²) >= 11 is 0. The lowest BCUT2D eigenvalue weighted by Crippen LogP contribution is -2.24. The average molecular weight is 400 g/mol. The predicted molar refractivity (Wildman–Crippen MR) is 97.0 cm³/mol. The van der Waals surface area contributed by atoms with E-state index in [1.807, 2.05) is 12.1 Å². The van der Waals surface area contributed by atoms with Crippen molar-refractivity contribution in [3.8, 4) is 11.1 Å². The van der Waals surface area contributed by atoms with Crippen LogP contribution in [0, 0.1) is 11.7 Å². The Morgan fingerprint density at radius 2 is 1.50 bits per heavy atom. The molecular formula is C22H22F6. The van der Waals surface area contributed by atoms with Crippen LogP contribution in [0.25, 0.3) is 11.1 Å². The van der Waals surface area contributed by atoms with Crippen molar-refractivity contribution in [1.29, 1.82) is 0 Å². The molecule has 0 unspecified atom stereocenters. The standard InChI is InChI=1S/C22H22F6/c23-12-11-14-1-3-15(4-2-14)16-5-7-17(8-6-16)18-9-10-19(20(24)13-18)22(27,28)21(25)26/h5-10,13-15,21H,1-4,11-12H2. The topological polar surface area (TPSA) is 0 Å². The molecule has 1 aliphatic carbocycles. The van der Waals surface area contributed by atoms with Crippen molar-refractivity contribution >= 4 is 0 Å². The van der Waals surface area contributed by atoms with Gasteiger partial charge >= 0.3 is 12.3 Å². The molecule has 6 heteroatoms. The fourth-order valence-corrected chi connectivity index (χ4v) is 3.97. The molecule has 0 N–H and O–H groups in total. The summed E-state index contributed by atoms with van der Waals surface area (Å²) in [6.07, 6.45) is 0.652. The molecule has 0 amide bonds. The Kier molecular flexibility index (Phi) is 6.36. The Bertz CT molecular complexity index is 776. The van der Waals surface area contributed by atoms with Gasteiger partial charge in [0.05, 0.1) is 12.2 Å². The molecule has 2 aromatic rings. The largest absolute Gasteiger partial charge is 0.335 e. The monoisotopic (exact) mass is 400 g/mol. The zero-order valence-corrected chi connectivity index (χ0v) is 15.3. The number of halogens is 6. The zero-order chi connectivity index (χ0) is 20.3. The van der Waals surface area contributed by atoms with Gasteiger partial charge < -0.3 is 0 Å². The second-order valence-corrected chi connectivity index (χ2v) is 7.44. The number of benzene rings is 2. The Hall–Kier alpha value is -1.98. The van der Waals surface area contributed by atoms with Crippen molar-refractivity contribution < 1.29 is 26.3 Å². The van der Waals surface area contributed by atoms with Crippen LogP contribution in [0.2, 0.25) is 0 Å². The van der Waals surface area contributed by atoms with Gasteiger partial charge in [0.2, 0.25) is 0 Å². The molecular weight excluding hydrogens is 378 g/mol. The van der Waals surface area contributed by atoms with Gasteiger partial charge in [0.15, 0.2) is 0 Å². The Morgan fingerprint density at radius 3 is 2.04 bits per heavy atom. The van der Waals surface area contributed by atoms with E-state index in [0.29, 0.717) is 29.4 Å². The van der Waals surface area contributed by atoms with E-state index in [2.05, 4.69) is 0 Å². The Labute approximate surface area is 160 Å². The molecule has 0 nitrogen and oxygen atoms in total. The summed E-state index contributed by atoms with van der Waals surface area (Å²) in [5, 5.41) is 0. The number of alkyl halides is 5. The minimum atomic E-state index is -4.52. The lowest BCUT2D eigenvalue weighted by Gasteiger charge is -2.28. The highest BCUT2D eigenvalue weighted by atomic mass is 19.3. The van der Waals surface area contributed by atoms with Crippen LogP contribution >= 0.6 is 0 Å². The summed E-state index contributed by atoms with van der Waals surface area (Å²) in [6, 6.07) is 10.2. The maximum atomic E-state index is 14.0. The van der Waals surface area contributed by atoms with E-state index < -0.39 is 23.7 Å². The highest BCUT2D eigenvalue weighted by Gasteiger charge is 2.44. The third-order valence-electron chi connectivity index (χ3n) is 5.68. The molecule has 0 aliphatic heterocycles. The van der Waals surface area contributed by atoms with Crippen LogP contribution in [0.15, 0.2) is 42.5 Å². The van der Waals surface area contributed by atoms with Crippen LogP contribution in [0.5, 0.6) is 0 Å². The van der Waals surface area contributed by atoms with Gasteiger partial charge in [-0.2, -0.15) is 8.78 Å². The first kappa shape index (κ1) is 20.7. The number of rotatable bonds is 6. The minimum Gasteiger partial charge on any atom is -0.251 e. The molecule has 2 aromatic carbocycles. The van der Waals surface area contributed by atoms with Gasteiger partial charge in [0.25, 0.3) is 0 Å². The predicted octanol–water partition coefficient (Wildman–Crippen LogP) is 7.48. The van der Waals surface area contributed by atoms with Crippen molar-refractivity contribution in [2.45, 2.75) is 50.4 Å². The summed E-state index contributed by atoms with van der Waals surface area (Å²) in [5.41, 5.74) is 0.821. The van der Waals surface area contributed by atoms with Crippen molar-refractivity contribution in [3.05, 3.63) is 59.4 Å². The Morgan fingerprint density at radius 1 is 0.893 bits per heavy atom. The van der Waals surface area contributed by atoms with Crippen molar-refractivity contribution in [2.75, 3.05) is 6.67 Å². The highest BCUT2D eigenvalue weighted by molar-refractivity contribution is 5.64. The maximum absolute atomic E-state index is 14.0. The van der Waals surface area contributed by atoms with Crippen LogP contribution in [-0.4, -0.2) is 13.1 Å². The summed E-state index contributed by atoms with van der Waals surface area (Å²) in [6.45, 7) is -0.275. The van der Waals surface area contributed by atoms with Crippen LogP contribution in [-0.2, 0) is 5.92 Å². The molecule has 0 radical (unpaired) electrons. The van der Waals surface area contributed by atoms with Gasteiger partial charge in [0.1, 0.15) is 5.82 Å². The molecule has 152 valence electrons. The molecule has 1 aliphatic rings. The lowest BCUT2D eigenvalue weighted by molar-refractivity contribution is -0.137. The van der Waals surface area contributed by atoms with E-state index in [4.69, 9.17) is 0 Å². The van der Waals surface area contributed by atoms with Gasteiger partial charge in [-0.15, -0.1) is 0 Å². The number of hydrogen-bond acceptors (Lipinski definition) is 0. The average Bonchev–Trinajstić information content (AvgIpc) is 2.68. The maximum Gasteiger partial charge on any atom is 0.335 e. The molecule has 3 rings (SSSR count). The molecule has 0 aromatic heterocycles. The summed E-state index contributed by atoms with van der Waals surface area (Å²) in [5.74, 6) is -5.02. The SMILES string of the molecule is FCCC1CCC(c2ccc(-c3ccc(C(F)(F)C(F)F)c(F)c3)cc2)CC1. The molecule has 28 heavy (non-hydrogen) atoms. The molecule has 0 spiro atoms. The van der Waals surface area contributed by atoms with Crippen LogP contribution in [0.4, 0.5) is 26.3 Å². The second kappa shape index (κ2) is 8.58. The van der Waals surface area contributed by atoms with Gasteiger partial charge in [-0.1, -0.05) is 30.3 Å². The van der Waals surface area contributed by atoms with E-state index in [9.17, 15) is 26.3 Å². The molecule has 1 saturated carbocycles. The van der Waals surface area contributed by atoms with Crippen molar-refractivity contribution in [1.82, 2.24) is 0 Å². The zero-order valence-electron chi connectivity index (χ0n) is 15.3. The fraction of sp³-hybridized carbons (Fsp3) is 0.455. The number of hydrogen-bond donors (Lipinski definition) is 0. The fourth-order valence-electron chi connectivity index (χ4n) is 3.97. The first-order chi connectivity index (χ1) is 13.3. The quantitative estimate of drug-likeness (QED) is 0.441. The first-order valence-electron chi connectivity index (χ1n) is 9.45. The van der Waals surface area contributed by atoms with Gasteiger partial charge in [0, 0.05) is 0 Å². The van der Waals surface area contributed by atoms with E-state index in [1.165, 1.54) is 6.07 Å². The second-order valence-electron chi connectivity index (χ2n) is 7.44. The molecule has 0 saturated heterocycles. The van der Waals surface area contributed by atoms with Crippen molar-refractivity contribution in [3.63, 3.8) is 0 Å². The van der Waals surface area contributed by atoms with Gasteiger partial charge in [-0.25, -0.2) is 13.2 Å². The molecule has 1 fully saturated rings. The smallest absolute Gasteiger partial charge is 0.251 e. The third kappa shape index (κ3) is 4.36. The van der Waals surface area contributed by atoms with E-state index in [0.717, 1.165) is 43.4 Å². The minimum absolute atomic E-state index is 0.275. The molecule has 0 atom stereocenters. The summed E-state index contributed by atoms with van der Waals surface area (Å²) < 4.78 is 78.2. The van der Waals surface area contributed by atoms with E-state index in [-0.39, 0.29) is 6.67 Å². The van der Waals surface area contributed by atoms with Gasteiger partial charge in [-0.05, 0) is 72.8 Å². The highest BCUT2D eigenvalue weighted by Crippen LogP contribution is 2.39. The normalized spacial score (nSPS) is 20.5. The summed E-state index contributed by atoms with van der Waals surface area (Å²) in [7, 11) is 0. The van der Waals surface area contributed by atoms with Crippen LogP contribution < -0.4 is 0 Å². The summed E-state index contributed by atoms with van der Waals surface area (Å²) in [4.78, 5) is 0. The molecule has 0 heterocycles. The van der Waals surface area contributed by atoms with Crippen LogP contribution in [0.1, 0.15) is 49.1 Å². The van der Waals surface area contributed by atoms with E-state index in [1.54, 1.807) is 12.1 Å². The lowest BCUT2D eigenvalue weighted by atomic mass is 9.77.